The Labute approximate surface area is 266 Å². The third-order valence-corrected chi connectivity index (χ3v) is 9.52. The summed E-state index contributed by atoms with van der Waals surface area (Å²) in [4.78, 5) is -0.0255. The lowest BCUT2D eigenvalue weighted by atomic mass is 9.96. The molecule has 46 heavy (non-hydrogen) atoms. The quantitative estimate of drug-likeness (QED) is 0.237. The van der Waals surface area contributed by atoms with Gasteiger partial charge in [0.15, 0.2) is 0 Å². The number of rotatable bonds is 9. The number of hydrogen-bond donors (Lipinski definition) is 2. The molecule has 236 valence electrons. The van der Waals surface area contributed by atoms with E-state index in [4.69, 9.17) is 30.0 Å². The summed E-state index contributed by atoms with van der Waals surface area (Å²) < 4.78 is 60.0. The van der Waals surface area contributed by atoms with E-state index in [2.05, 4.69) is 0 Å². The van der Waals surface area contributed by atoms with Gasteiger partial charge in [0, 0.05) is 23.7 Å². The molecule has 1 aromatic heterocycles. The summed E-state index contributed by atoms with van der Waals surface area (Å²) in [5.74, 6) is 1.40. The van der Waals surface area contributed by atoms with Gasteiger partial charge >= 0.3 is 0 Å². The van der Waals surface area contributed by atoms with Gasteiger partial charge < -0.3 is 9.47 Å². The predicted octanol–water partition coefficient (Wildman–Crippen LogP) is 4.21. The van der Waals surface area contributed by atoms with Gasteiger partial charge in [-0.2, -0.15) is 10.2 Å². The maximum Gasteiger partial charge on any atom is 0.238 e. The minimum absolute atomic E-state index is 0.0125. The van der Waals surface area contributed by atoms with Crippen molar-refractivity contribution in [3.63, 3.8) is 0 Å². The minimum atomic E-state index is -3.89. The summed E-state index contributed by atoms with van der Waals surface area (Å²) in [5.41, 5.74) is 5.27. The molecular formula is C32H30N6O6S2. The largest absolute Gasteiger partial charge is 0.497 e. The molecule has 0 bridgehead atoms. The van der Waals surface area contributed by atoms with E-state index in [9.17, 15) is 16.8 Å². The number of ether oxygens (including phenoxy) is 2. The molecule has 5 aromatic rings. The normalized spacial score (nSPS) is 15.1. The first-order valence-corrected chi connectivity index (χ1v) is 17.0. The van der Waals surface area contributed by atoms with Crippen molar-refractivity contribution in [3.8, 4) is 28.4 Å². The van der Waals surface area contributed by atoms with Gasteiger partial charge in [0.05, 0.1) is 52.8 Å². The van der Waals surface area contributed by atoms with Crippen molar-refractivity contribution in [2.24, 2.45) is 15.4 Å². The molecular weight excluding hydrogens is 629 g/mol. The number of nitrogens with two attached hydrogens (primary N) is 2. The van der Waals surface area contributed by atoms with Crippen molar-refractivity contribution in [2.75, 3.05) is 19.2 Å². The fraction of sp³-hybridized carbons (Fsp3) is 0.125. The smallest absolute Gasteiger partial charge is 0.238 e. The Morgan fingerprint density at radius 2 is 1.15 bits per heavy atom. The van der Waals surface area contributed by atoms with Gasteiger partial charge in [0.1, 0.15) is 11.5 Å². The van der Waals surface area contributed by atoms with E-state index < -0.39 is 20.0 Å². The van der Waals surface area contributed by atoms with E-state index in [1.54, 1.807) is 43.2 Å². The number of primary sulfonamides is 2. The van der Waals surface area contributed by atoms with Crippen LogP contribution in [0.5, 0.6) is 11.5 Å². The van der Waals surface area contributed by atoms with Gasteiger partial charge in [-0.1, -0.05) is 0 Å². The lowest BCUT2D eigenvalue weighted by molar-refractivity contribution is 0.414. The highest BCUT2D eigenvalue weighted by atomic mass is 32.2. The number of benzene rings is 4. The summed E-state index contributed by atoms with van der Waals surface area (Å²) in [7, 11) is -4.57. The van der Waals surface area contributed by atoms with Crippen LogP contribution >= 0.6 is 0 Å². The van der Waals surface area contributed by atoms with Crippen molar-refractivity contribution in [3.05, 3.63) is 114 Å². The Bertz CT molecular complexity index is 2130. The molecule has 14 heteroatoms. The molecule has 1 aliphatic rings. The molecule has 2 heterocycles. The first kappa shape index (κ1) is 31.0. The molecule has 0 radical (unpaired) electrons. The molecule has 0 amide bonds. The summed E-state index contributed by atoms with van der Waals surface area (Å²) in [6.07, 6.45) is 2.37. The molecule has 1 unspecified atom stereocenters. The number of hydrazone groups is 1. The van der Waals surface area contributed by atoms with Crippen LogP contribution in [-0.4, -0.2) is 46.5 Å². The summed E-state index contributed by atoms with van der Waals surface area (Å²) in [6.45, 7) is 0. The molecule has 4 aromatic carbocycles. The van der Waals surface area contributed by atoms with Crippen molar-refractivity contribution in [1.29, 1.82) is 0 Å². The molecule has 0 spiro atoms. The lowest BCUT2D eigenvalue weighted by Gasteiger charge is -2.24. The SMILES string of the molecule is COc1ccc(C2=NN(c3ccc(S(N)(=O)=O)cc3)C(c3cn(-c4ccc(S(N)(=O)=O)cc4)nc3-c3ccc(OC)cc3)C2)cc1. The molecule has 6 rings (SSSR count). The number of aromatic nitrogens is 2. The maximum absolute atomic E-state index is 12.0. The molecule has 0 aliphatic carbocycles. The van der Waals surface area contributed by atoms with Crippen LogP contribution in [0.15, 0.2) is 118 Å². The Balaban J connectivity index is 1.49. The average Bonchev–Trinajstić information content (AvgIpc) is 3.70. The van der Waals surface area contributed by atoms with Crippen LogP contribution in [0.25, 0.3) is 16.9 Å². The number of sulfonamides is 2. The van der Waals surface area contributed by atoms with Crippen LogP contribution in [0.1, 0.15) is 23.6 Å². The van der Waals surface area contributed by atoms with Gasteiger partial charge in [-0.05, 0) is 103 Å². The number of methoxy groups -OCH3 is 2. The highest BCUT2D eigenvalue weighted by Crippen LogP contribution is 2.41. The van der Waals surface area contributed by atoms with E-state index in [-0.39, 0.29) is 15.8 Å². The summed E-state index contributed by atoms with van der Waals surface area (Å²) in [5, 5.41) is 22.5. The zero-order chi connectivity index (χ0) is 32.6. The van der Waals surface area contributed by atoms with Crippen LogP contribution in [-0.2, 0) is 20.0 Å². The zero-order valence-corrected chi connectivity index (χ0v) is 26.4. The van der Waals surface area contributed by atoms with E-state index >= 15 is 0 Å². The molecule has 12 nitrogen and oxygen atoms in total. The highest BCUT2D eigenvalue weighted by Gasteiger charge is 2.34. The second-order valence-corrected chi connectivity index (χ2v) is 13.6. The van der Waals surface area contributed by atoms with Crippen LogP contribution in [0.2, 0.25) is 0 Å². The molecule has 1 atom stereocenters. The van der Waals surface area contributed by atoms with Crippen LogP contribution in [0.3, 0.4) is 0 Å². The summed E-state index contributed by atoms with van der Waals surface area (Å²) >= 11 is 0. The predicted molar refractivity (Wildman–Crippen MR) is 174 cm³/mol. The molecule has 0 saturated heterocycles. The fourth-order valence-corrected chi connectivity index (χ4v) is 6.29. The molecule has 0 saturated carbocycles. The van der Waals surface area contributed by atoms with Crippen molar-refractivity contribution in [2.45, 2.75) is 22.3 Å². The Morgan fingerprint density at radius 3 is 1.63 bits per heavy atom. The number of hydrogen-bond acceptors (Lipinski definition) is 9. The van der Waals surface area contributed by atoms with Gasteiger partial charge in [-0.3, -0.25) is 5.01 Å². The van der Waals surface area contributed by atoms with Gasteiger partial charge in [-0.15, -0.1) is 0 Å². The fourth-order valence-electron chi connectivity index (χ4n) is 5.26. The molecule has 0 fully saturated rings. The van der Waals surface area contributed by atoms with Gasteiger partial charge in [0.25, 0.3) is 0 Å². The third kappa shape index (κ3) is 6.23. The van der Waals surface area contributed by atoms with Crippen molar-refractivity contribution < 1.29 is 26.3 Å². The van der Waals surface area contributed by atoms with Crippen molar-refractivity contribution in [1.82, 2.24) is 9.78 Å². The van der Waals surface area contributed by atoms with Crippen LogP contribution in [0.4, 0.5) is 5.69 Å². The van der Waals surface area contributed by atoms with Gasteiger partial charge in [-0.25, -0.2) is 31.8 Å². The maximum atomic E-state index is 12.0. The van der Waals surface area contributed by atoms with Crippen molar-refractivity contribution >= 4 is 31.4 Å². The summed E-state index contributed by atoms with van der Waals surface area (Å²) in [6, 6.07) is 27.1. The van der Waals surface area contributed by atoms with Crippen LogP contribution < -0.4 is 24.8 Å². The highest BCUT2D eigenvalue weighted by molar-refractivity contribution is 7.89. The Hall–Kier alpha value is -5.02. The van der Waals surface area contributed by atoms with E-state index in [1.807, 2.05) is 59.7 Å². The van der Waals surface area contributed by atoms with Gasteiger partial charge in [0.2, 0.25) is 20.0 Å². The van der Waals surface area contributed by atoms with E-state index in [0.29, 0.717) is 35.0 Å². The average molecular weight is 659 g/mol. The minimum Gasteiger partial charge on any atom is -0.497 e. The number of nitrogens with zero attached hydrogens (tertiary/aromatic N) is 4. The standard InChI is InChI=1S/C32H30N6O6S2/c1-43-25-11-3-21(4-12-25)30-19-31(38(35-30)24-9-17-28(18-10-24)46(34,41)42)29-20-37(23-7-15-27(16-8-23)45(33,39)40)36-32(29)22-5-13-26(44-2)14-6-22/h3-18,20,31H,19H2,1-2H3,(H2,33,39,40)(H2,34,41,42). The molecule has 1 aliphatic heterocycles. The third-order valence-electron chi connectivity index (χ3n) is 7.66. The first-order chi connectivity index (χ1) is 21.9. The topological polar surface area (TPSA) is 172 Å². The first-order valence-electron chi connectivity index (χ1n) is 14.0. The zero-order valence-electron chi connectivity index (χ0n) is 24.8. The Morgan fingerprint density at radius 1 is 0.674 bits per heavy atom. The number of anilines is 1. The molecule has 4 N–H and O–H groups in total. The lowest BCUT2D eigenvalue weighted by Crippen LogP contribution is -2.19. The monoisotopic (exact) mass is 658 g/mol. The van der Waals surface area contributed by atoms with Crippen LogP contribution in [0, 0.1) is 0 Å². The Kier molecular flexibility index (Phi) is 8.12. The van der Waals surface area contributed by atoms with E-state index in [1.165, 1.54) is 24.3 Å². The van der Waals surface area contributed by atoms with E-state index in [0.717, 1.165) is 22.4 Å². The second-order valence-electron chi connectivity index (χ2n) is 10.5. The second kappa shape index (κ2) is 12.1.